The SMILES string of the molecule is CCCCCCCOc1ccc(NC(=O)CNc2cccc(C(=O)N3CCOCC3)c2)cc1. The van der Waals surface area contributed by atoms with Gasteiger partial charge >= 0.3 is 0 Å². The molecule has 3 rings (SSSR count). The van der Waals surface area contributed by atoms with E-state index < -0.39 is 0 Å². The molecular weight excluding hydrogens is 418 g/mol. The quantitative estimate of drug-likeness (QED) is 0.461. The maximum Gasteiger partial charge on any atom is 0.254 e. The topological polar surface area (TPSA) is 79.9 Å². The van der Waals surface area contributed by atoms with E-state index in [4.69, 9.17) is 9.47 Å². The number of anilines is 2. The third-order valence-corrected chi connectivity index (χ3v) is 5.52. The summed E-state index contributed by atoms with van der Waals surface area (Å²) in [6.45, 7) is 5.35. The number of hydrogen-bond acceptors (Lipinski definition) is 5. The third-order valence-electron chi connectivity index (χ3n) is 5.52. The molecule has 1 heterocycles. The first kappa shape index (κ1) is 24.6. The molecule has 0 unspecified atom stereocenters. The molecule has 2 amide bonds. The average Bonchev–Trinajstić information content (AvgIpc) is 2.86. The summed E-state index contributed by atoms with van der Waals surface area (Å²) in [6.07, 6.45) is 6.03. The number of benzene rings is 2. The van der Waals surface area contributed by atoms with Crippen LogP contribution in [0.25, 0.3) is 0 Å². The Morgan fingerprint density at radius 1 is 0.970 bits per heavy atom. The van der Waals surface area contributed by atoms with Gasteiger partial charge in [0.15, 0.2) is 0 Å². The smallest absolute Gasteiger partial charge is 0.254 e. The summed E-state index contributed by atoms with van der Waals surface area (Å²) in [4.78, 5) is 26.8. The highest BCUT2D eigenvalue weighted by Crippen LogP contribution is 2.17. The molecule has 0 saturated carbocycles. The van der Waals surface area contributed by atoms with Crippen molar-refractivity contribution in [1.82, 2.24) is 4.90 Å². The summed E-state index contributed by atoms with van der Waals surface area (Å²) in [5.41, 5.74) is 2.04. The first-order valence-corrected chi connectivity index (χ1v) is 11.9. The number of nitrogens with one attached hydrogen (secondary N) is 2. The Morgan fingerprint density at radius 3 is 2.48 bits per heavy atom. The molecule has 2 aromatic carbocycles. The van der Waals surface area contributed by atoms with Crippen molar-refractivity contribution in [2.75, 3.05) is 50.1 Å². The standard InChI is InChI=1S/C26H35N3O4/c1-2-3-4-5-6-16-33-24-12-10-22(11-13-24)28-25(30)20-27-23-9-7-8-21(19-23)26(31)29-14-17-32-18-15-29/h7-13,19,27H,2-6,14-18,20H2,1H3,(H,28,30). The number of carbonyl (C=O) groups excluding carboxylic acids is 2. The first-order valence-electron chi connectivity index (χ1n) is 11.9. The molecule has 2 aromatic rings. The van der Waals surface area contributed by atoms with Gasteiger partial charge in [-0.2, -0.15) is 0 Å². The van der Waals surface area contributed by atoms with E-state index in [1.54, 1.807) is 17.0 Å². The van der Waals surface area contributed by atoms with Crippen LogP contribution in [0.3, 0.4) is 0 Å². The predicted molar refractivity (Wildman–Crippen MR) is 131 cm³/mol. The fraction of sp³-hybridized carbons (Fsp3) is 0.462. The van der Waals surface area contributed by atoms with E-state index in [2.05, 4.69) is 17.6 Å². The third kappa shape index (κ3) is 8.42. The number of unbranched alkanes of at least 4 members (excludes halogenated alkanes) is 4. The Bertz CT molecular complexity index is 879. The number of rotatable bonds is 12. The predicted octanol–water partition coefficient (Wildman–Crippen LogP) is 4.56. The van der Waals surface area contributed by atoms with Crippen molar-refractivity contribution in [2.24, 2.45) is 0 Å². The lowest BCUT2D eigenvalue weighted by molar-refractivity contribution is -0.114. The van der Waals surface area contributed by atoms with Crippen LogP contribution >= 0.6 is 0 Å². The van der Waals surface area contributed by atoms with Gasteiger partial charge in [0.1, 0.15) is 5.75 Å². The van der Waals surface area contributed by atoms with Gasteiger partial charge in [-0.3, -0.25) is 9.59 Å². The number of morpholine rings is 1. The molecule has 0 atom stereocenters. The Morgan fingerprint density at radius 2 is 1.73 bits per heavy atom. The molecule has 1 fully saturated rings. The zero-order chi connectivity index (χ0) is 23.3. The van der Waals surface area contributed by atoms with Gasteiger partial charge in [0, 0.05) is 30.0 Å². The monoisotopic (exact) mass is 453 g/mol. The molecule has 1 aliphatic rings. The van der Waals surface area contributed by atoms with Gasteiger partial charge in [-0.25, -0.2) is 0 Å². The Labute approximate surface area is 196 Å². The lowest BCUT2D eigenvalue weighted by Crippen LogP contribution is -2.40. The molecule has 1 saturated heterocycles. The highest BCUT2D eigenvalue weighted by Gasteiger charge is 2.18. The van der Waals surface area contributed by atoms with Gasteiger partial charge in [-0.1, -0.05) is 38.7 Å². The molecule has 7 nitrogen and oxygen atoms in total. The maximum atomic E-state index is 12.6. The second-order valence-corrected chi connectivity index (χ2v) is 8.17. The molecular formula is C26H35N3O4. The van der Waals surface area contributed by atoms with Gasteiger partial charge < -0.3 is 25.0 Å². The summed E-state index contributed by atoms with van der Waals surface area (Å²) >= 11 is 0. The van der Waals surface area contributed by atoms with Crippen molar-refractivity contribution in [3.05, 3.63) is 54.1 Å². The van der Waals surface area contributed by atoms with Crippen molar-refractivity contribution in [3.8, 4) is 5.75 Å². The van der Waals surface area contributed by atoms with Crippen LogP contribution < -0.4 is 15.4 Å². The summed E-state index contributed by atoms with van der Waals surface area (Å²) in [5.74, 6) is 0.627. The lowest BCUT2D eigenvalue weighted by Gasteiger charge is -2.27. The zero-order valence-corrected chi connectivity index (χ0v) is 19.5. The highest BCUT2D eigenvalue weighted by atomic mass is 16.5. The van der Waals surface area contributed by atoms with Gasteiger partial charge in [-0.15, -0.1) is 0 Å². The molecule has 178 valence electrons. The van der Waals surface area contributed by atoms with Crippen LogP contribution in [0.4, 0.5) is 11.4 Å². The fourth-order valence-corrected chi connectivity index (χ4v) is 3.63. The minimum Gasteiger partial charge on any atom is -0.494 e. The largest absolute Gasteiger partial charge is 0.494 e. The molecule has 33 heavy (non-hydrogen) atoms. The maximum absolute atomic E-state index is 12.6. The van der Waals surface area contributed by atoms with Crippen LogP contribution in [0.5, 0.6) is 5.75 Å². The molecule has 0 aromatic heterocycles. The zero-order valence-electron chi connectivity index (χ0n) is 19.5. The first-order chi connectivity index (χ1) is 16.2. The Balaban J connectivity index is 1.40. The minimum absolute atomic E-state index is 0.0188. The van der Waals surface area contributed by atoms with Gasteiger partial charge in [0.25, 0.3) is 5.91 Å². The lowest BCUT2D eigenvalue weighted by atomic mass is 10.1. The second kappa shape index (κ2) is 13.5. The number of amides is 2. The van der Waals surface area contributed by atoms with Gasteiger partial charge in [-0.05, 0) is 48.9 Å². The molecule has 7 heteroatoms. The van der Waals surface area contributed by atoms with Crippen LogP contribution in [0, 0.1) is 0 Å². The van der Waals surface area contributed by atoms with E-state index in [-0.39, 0.29) is 18.4 Å². The highest BCUT2D eigenvalue weighted by molar-refractivity contribution is 5.96. The normalized spacial score (nSPS) is 13.4. The van der Waals surface area contributed by atoms with E-state index in [0.29, 0.717) is 44.2 Å². The molecule has 0 radical (unpaired) electrons. The number of nitrogens with zero attached hydrogens (tertiary/aromatic N) is 1. The van der Waals surface area contributed by atoms with Crippen molar-refractivity contribution < 1.29 is 19.1 Å². The number of carbonyl (C=O) groups is 2. The molecule has 0 aliphatic carbocycles. The van der Waals surface area contributed by atoms with E-state index >= 15 is 0 Å². The Kier molecular flexibility index (Phi) is 10.0. The Hall–Kier alpha value is -3.06. The summed E-state index contributed by atoms with van der Waals surface area (Å²) < 4.78 is 11.1. The van der Waals surface area contributed by atoms with Crippen LogP contribution in [0.1, 0.15) is 49.4 Å². The number of ether oxygens (including phenoxy) is 2. The molecule has 2 N–H and O–H groups in total. The number of hydrogen-bond donors (Lipinski definition) is 2. The fourth-order valence-electron chi connectivity index (χ4n) is 3.63. The summed E-state index contributed by atoms with van der Waals surface area (Å²) in [6, 6.07) is 14.6. The van der Waals surface area contributed by atoms with Crippen molar-refractivity contribution in [1.29, 1.82) is 0 Å². The van der Waals surface area contributed by atoms with Crippen molar-refractivity contribution >= 4 is 23.2 Å². The van der Waals surface area contributed by atoms with Crippen LogP contribution in [-0.4, -0.2) is 56.2 Å². The average molecular weight is 454 g/mol. The van der Waals surface area contributed by atoms with Crippen LogP contribution in [0.15, 0.2) is 48.5 Å². The van der Waals surface area contributed by atoms with Crippen LogP contribution in [0.2, 0.25) is 0 Å². The van der Waals surface area contributed by atoms with E-state index in [1.807, 2.05) is 36.4 Å². The summed E-state index contributed by atoms with van der Waals surface area (Å²) in [7, 11) is 0. The second-order valence-electron chi connectivity index (χ2n) is 8.17. The minimum atomic E-state index is -0.162. The van der Waals surface area contributed by atoms with Crippen molar-refractivity contribution in [3.63, 3.8) is 0 Å². The van der Waals surface area contributed by atoms with E-state index in [0.717, 1.165) is 17.9 Å². The molecule has 0 spiro atoms. The van der Waals surface area contributed by atoms with Gasteiger partial charge in [0.2, 0.25) is 5.91 Å². The summed E-state index contributed by atoms with van der Waals surface area (Å²) in [5, 5.41) is 5.96. The molecule has 0 bridgehead atoms. The van der Waals surface area contributed by atoms with Gasteiger partial charge in [0.05, 0.1) is 26.4 Å². The van der Waals surface area contributed by atoms with Crippen LogP contribution in [-0.2, 0) is 9.53 Å². The van der Waals surface area contributed by atoms with E-state index in [9.17, 15) is 9.59 Å². The van der Waals surface area contributed by atoms with Crippen molar-refractivity contribution in [2.45, 2.75) is 39.0 Å². The van der Waals surface area contributed by atoms with E-state index in [1.165, 1.54) is 25.7 Å². The molecule has 1 aliphatic heterocycles.